The summed E-state index contributed by atoms with van der Waals surface area (Å²) >= 11 is 9.41. The van der Waals surface area contributed by atoms with E-state index < -0.39 is 0 Å². The lowest BCUT2D eigenvalue weighted by molar-refractivity contribution is -0.115. The summed E-state index contributed by atoms with van der Waals surface area (Å²) in [4.78, 5) is 16.1. The number of hydrogen-bond donors (Lipinski definition) is 1. The predicted octanol–water partition coefficient (Wildman–Crippen LogP) is 3.99. The van der Waals surface area contributed by atoms with E-state index in [1.54, 1.807) is 18.3 Å². The first kappa shape index (κ1) is 14.0. The van der Waals surface area contributed by atoms with E-state index in [2.05, 4.69) is 26.2 Å². The van der Waals surface area contributed by atoms with Crippen molar-refractivity contribution in [1.29, 1.82) is 0 Å². The van der Waals surface area contributed by atoms with E-state index in [-0.39, 0.29) is 12.3 Å². The molecule has 2 rings (SSSR count). The van der Waals surface area contributed by atoms with Crippen molar-refractivity contribution in [2.24, 2.45) is 0 Å². The molecule has 1 N–H and O–H groups in total. The van der Waals surface area contributed by atoms with E-state index in [1.165, 1.54) is 0 Å². The van der Waals surface area contributed by atoms with Crippen LogP contribution >= 0.6 is 27.5 Å². The lowest BCUT2D eigenvalue weighted by Crippen LogP contribution is -2.16. The van der Waals surface area contributed by atoms with Gasteiger partial charge in [-0.1, -0.05) is 33.6 Å². The molecule has 1 aromatic heterocycles. The number of nitrogens with zero attached hydrogens (tertiary/aromatic N) is 1. The van der Waals surface area contributed by atoms with Crippen molar-refractivity contribution in [3.63, 3.8) is 0 Å². The van der Waals surface area contributed by atoms with Gasteiger partial charge in [-0.05, 0) is 36.8 Å². The van der Waals surface area contributed by atoms with E-state index >= 15 is 0 Å². The van der Waals surface area contributed by atoms with Crippen LogP contribution in [0.5, 0.6) is 0 Å². The first-order chi connectivity index (χ1) is 9.08. The van der Waals surface area contributed by atoms with Crippen LogP contribution in [0.2, 0.25) is 5.02 Å². The zero-order valence-corrected chi connectivity index (χ0v) is 12.6. The minimum Gasteiger partial charge on any atom is -0.325 e. The van der Waals surface area contributed by atoms with Crippen LogP contribution in [0, 0.1) is 6.92 Å². The minimum atomic E-state index is -0.137. The maximum absolute atomic E-state index is 12.0. The Labute approximate surface area is 125 Å². The maximum atomic E-state index is 12.0. The van der Waals surface area contributed by atoms with Gasteiger partial charge in [0.1, 0.15) is 0 Å². The molecular formula is C14H12BrClN2O. The monoisotopic (exact) mass is 338 g/mol. The fraction of sp³-hybridized carbons (Fsp3) is 0.143. The number of carbonyl (C=O) groups is 1. The smallest absolute Gasteiger partial charge is 0.230 e. The molecule has 0 fully saturated rings. The molecule has 0 radical (unpaired) electrons. The summed E-state index contributed by atoms with van der Waals surface area (Å²) in [5.41, 5.74) is 2.35. The molecule has 19 heavy (non-hydrogen) atoms. The van der Waals surface area contributed by atoms with Gasteiger partial charge in [-0.25, -0.2) is 0 Å². The molecule has 1 heterocycles. The van der Waals surface area contributed by atoms with Crippen LogP contribution < -0.4 is 5.32 Å². The average molecular weight is 340 g/mol. The number of rotatable bonds is 3. The van der Waals surface area contributed by atoms with Crippen molar-refractivity contribution in [1.82, 2.24) is 4.98 Å². The van der Waals surface area contributed by atoms with Crippen molar-refractivity contribution >= 4 is 39.1 Å². The number of benzene rings is 1. The van der Waals surface area contributed by atoms with E-state index in [9.17, 15) is 4.79 Å². The topological polar surface area (TPSA) is 42.0 Å². The highest BCUT2D eigenvalue weighted by Gasteiger charge is 2.10. The lowest BCUT2D eigenvalue weighted by atomic mass is 10.2. The molecule has 0 aliphatic rings. The van der Waals surface area contributed by atoms with Gasteiger partial charge in [0.15, 0.2) is 0 Å². The van der Waals surface area contributed by atoms with Crippen LogP contribution in [0.4, 0.5) is 5.69 Å². The molecule has 2 aromatic rings. The summed E-state index contributed by atoms with van der Waals surface area (Å²) in [5.74, 6) is -0.137. The third kappa shape index (κ3) is 3.55. The summed E-state index contributed by atoms with van der Waals surface area (Å²) in [6, 6.07) is 9.13. The number of nitrogens with one attached hydrogen (secondary N) is 1. The number of hydrogen-bond acceptors (Lipinski definition) is 2. The Balaban J connectivity index is 2.10. The highest BCUT2D eigenvalue weighted by atomic mass is 79.9. The molecule has 1 amide bonds. The van der Waals surface area contributed by atoms with Crippen LogP contribution in [0.1, 0.15) is 11.3 Å². The Morgan fingerprint density at radius 3 is 2.89 bits per heavy atom. The molecule has 0 bridgehead atoms. The second kappa shape index (κ2) is 6.17. The van der Waals surface area contributed by atoms with Crippen molar-refractivity contribution in [3.8, 4) is 0 Å². The van der Waals surface area contributed by atoms with Crippen molar-refractivity contribution in [3.05, 3.63) is 57.3 Å². The lowest BCUT2D eigenvalue weighted by Gasteiger charge is -2.09. The van der Waals surface area contributed by atoms with Crippen LogP contribution in [0.3, 0.4) is 0 Å². The Morgan fingerprint density at radius 2 is 2.16 bits per heavy atom. The molecular weight excluding hydrogens is 328 g/mol. The third-order valence-corrected chi connectivity index (χ3v) is 3.91. The van der Waals surface area contributed by atoms with Gasteiger partial charge in [0.25, 0.3) is 0 Å². The van der Waals surface area contributed by atoms with Crippen molar-refractivity contribution in [2.45, 2.75) is 13.3 Å². The van der Waals surface area contributed by atoms with Gasteiger partial charge >= 0.3 is 0 Å². The first-order valence-electron chi connectivity index (χ1n) is 5.72. The molecule has 0 aliphatic carbocycles. The van der Waals surface area contributed by atoms with Crippen LogP contribution in [0.15, 0.2) is 41.0 Å². The van der Waals surface area contributed by atoms with E-state index in [0.717, 1.165) is 15.7 Å². The SMILES string of the molecule is Cc1c(Br)cccc1NC(=O)Cc1ncccc1Cl. The van der Waals surface area contributed by atoms with E-state index in [0.29, 0.717) is 10.7 Å². The zero-order chi connectivity index (χ0) is 13.8. The van der Waals surface area contributed by atoms with Gasteiger partial charge in [0, 0.05) is 16.4 Å². The standard InChI is InChI=1S/C14H12BrClN2O/c1-9-10(15)4-2-6-12(9)18-14(19)8-13-11(16)5-3-7-17-13/h2-7H,8H2,1H3,(H,18,19). The molecule has 0 saturated heterocycles. The second-order valence-electron chi connectivity index (χ2n) is 4.07. The summed E-state index contributed by atoms with van der Waals surface area (Å²) in [7, 11) is 0. The molecule has 0 unspecified atom stereocenters. The first-order valence-corrected chi connectivity index (χ1v) is 6.89. The summed E-state index contributed by atoms with van der Waals surface area (Å²) in [5, 5.41) is 3.36. The quantitative estimate of drug-likeness (QED) is 0.919. The molecule has 0 atom stereocenters. The molecule has 0 spiro atoms. The van der Waals surface area contributed by atoms with Crippen LogP contribution in [0.25, 0.3) is 0 Å². The highest BCUT2D eigenvalue weighted by Crippen LogP contribution is 2.23. The molecule has 0 aliphatic heterocycles. The fourth-order valence-corrected chi connectivity index (χ4v) is 2.19. The Kier molecular flexibility index (Phi) is 4.56. The number of pyridine rings is 1. The molecule has 3 nitrogen and oxygen atoms in total. The number of anilines is 1. The zero-order valence-electron chi connectivity index (χ0n) is 10.3. The van der Waals surface area contributed by atoms with Crippen LogP contribution in [-0.2, 0) is 11.2 Å². The van der Waals surface area contributed by atoms with Gasteiger partial charge in [-0.2, -0.15) is 0 Å². The summed E-state index contributed by atoms with van der Waals surface area (Å²) in [6.45, 7) is 1.94. The molecule has 1 aromatic carbocycles. The minimum absolute atomic E-state index is 0.137. The van der Waals surface area contributed by atoms with Gasteiger partial charge in [-0.3, -0.25) is 9.78 Å². The largest absolute Gasteiger partial charge is 0.325 e. The maximum Gasteiger partial charge on any atom is 0.230 e. The van der Waals surface area contributed by atoms with Gasteiger partial charge < -0.3 is 5.32 Å². The Morgan fingerprint density at radius 1 is 1.37 bits per heavy atom. The van der Waals surface area contributed by atoms with E-state index in [4.69, 9.17) is 11.6 Å². The predicted molar refractivity (Wildman–Crippen MR) is 80.5 cm³/mol. The van der Waals surface area contributed by atoms with Gasteiger partial charge in [0.05, 0.1) is 17.1 Å². The number of carbonyl (C=O) groups excluding carboxylic acids is 1. The normalized spacial score (nSPS) is 10.3. The summed E-state index contributed by atoms with van der Waals surface area (Å²) < 4.78 is 0.959. The molecule has 0 saturated carbocycles. The molecule has 98 valence electrons. The number of aromatic nitrogens is 1. The van der Waals surface area contributed by atoms with Gasteiger partial charge in [-0.15, -0.1) is 0 Å². The summed E-state index contributed by atoms with van der Waals surface area (Å²) in [6.07, 6.45) is 1.78. The third-order valence-electron chi connectivity index (χ3n) is 2.70. The number of halogens is 2. The van der Waals surface area contributed by atoms with E-state index in [1.807, 2.05) is 25.1 Å². The fourth-order valence-electron chi connectivity index (χ4n) is 1.64. The Bertz CT molecular complexity index is 616. The Hall–Kier alpha value is -1.39. The van der Waals surface area contributed by atoms with Gasteiger partial charge in [0.2, 0.25) is 5.91 Å². The average Bonchev–Trinajstić information content (AvgIpc) is 2.38. The van der Waals surface area contributed by atoms with Crippen molar-refractivity contribution in [2.75, 3.05) is 5.32 Å². The molecule has 5 heteroatoms. The number of amides is 1. The van der Waals surface area contributed by atoms with Crippen LogP contribution in [-0.4, -0.2) is 10.9 Å². The highest BCUT2D eigenvalue weighted by molar-refractivity contribution is 9.10. The second-order valence-corrected chi connectivity index (χ2v) is 5.33. The van der Waals surface area contributed by atoms with Crippen molar-refractivity contribution < 1.29 is 4.79 Å².